The van der Waals surface area contributed by atoms with Crippen LogP contribution in [0.3, 0.4) is 0 Å². The van der Waals surface area contributed by atoms with E-state index < -0.39 is 17.3 Å². The van der Waals surface area contributed by atoms with Crippen molar-refractivity contribution in [1.82, 2.24) is 4.90 Å². The van der Waals surface area contributed by atoms with E-state index in [2.05, 4.69) is 0 Å². The molecule has 0 saturated carbocycles. The second-order valence-electron chi connectivity index (χ2n) is 5.71. The zero-order chi connectivity index (χ0) is 14.1. The predicted molar refractivity (Wildman–Crippen MR) is 72.4 cm³/mol. The fourth-order valence-corrected chi connectivity index (χ4v) is 1.94. The number of carbonyl (C=O) groups excluding carboxylic acids is 1. The molecule has 1 N–H and O–H groups in total. The lowest BCUT2D eigenvalue weighted by Gasteiger charge is -2.26. The summed E-state index contributed by atoms with van der Waals surface area (Å²) in [6.07, 6.45) is 2.74. The lowest BCUT2D eigenvalue weighted by Crippen LogP contribution is -2.38. The maximum atomic E-state index is 11.9. The second kappa shape index (κ2) is 4.70. The molecule has 1 amide bonds. The molecule has 0 unspecified atom stereocenters. The fourth-order valence-electron chi connectivity index (χ4n) is 1.94. The van der Waals surface area contributed by atoms with Crippen molar-refractivity contribution in [2.75, 3.05) is 6.54 Å². The lowest BCUT2D eigenvalue weighted by molar-refractivity contribution is 0.0198. The van der Waals surface area contributed by atoms with Gasteiger partial charge in [0.25, 0.3) is 0 Å². The van der Waals surface area contributed by atoms with Gasteiger partial charge in [0.1, 0.15) is 11.2 Å². The third kappa shape index (κ3) is 3.15. The summed E-state index contributed by atoms with van der Waals surface area (Å²) >= 11 is 0. The Hall–Kier alpha value is -1.81. The summed E-state index contributed by atoms with van der Waals surface area (Å²) in [4.78, 5) is 13.3. The molecule has 0 radical (unpaired) electrons. The predicted octanol–water partition coefficient (Wildman–Crippen LogP) is 2.64. The topological polar surface area (TPSA) is 49.8 Å². The number of hydrogen-bond acceptors (Lipinski definition) is 3. The number of carbonyl (C=O) groups is 1. The summed E-state index contributed by atoms with van der Waals surface area (Å²) < 4.78 is 5.28. The van der Waals surface area contributed by atoms with Crippen LogP contribution in [0.1, 0.15) is 26.3 Å². The lowest BCUT2D eigenvalue weighted by atomic mass is 9.95. The normalized spacial score (nSPS) is 22.6. The molecular formula is C15H19NO3. The summed E-state index contributed by atoms with van der Waals surface area (Å²) in [6, 6.07) is 9.28. The van der Waals surface area contributed by atoms with E-state index in [4.69, 9.17) is 4.74 Å². The van der Waals surface area contributed by atoms with Crippen LogP contribution in [-0.2, 0) is 10.3 Å². The Morgan fingerprint density at radius 1 is 1.32 bits per heavy atom. The quantitative estimate of drug-likeness (QED) is 0.845. The summed E-state index contributed by atoms with van der Waals surface area (Å²) in [5, 5.41) is 10.5. The van der Waals surface area contributed by atoms with E-state index in [-0.39, 0.29) is 6.54 Å². The molecule has 0 aromatic heterocycles. The zero-order valence-corrected chi connectivity index (χ0v) is 11.5. The van der Waals surface area contributed by atoms with Gasteiger partial charge in [0.05, 0.1) is 6.54 Å². The number of ether oxygens (including phenoxy) is 1. The van der Waals surface area contributed by atoms with Gasteiger partial charge in [0.15, 0.2) is 0 Å². The highest BCUT2D eigenvalue weighted by Crippen LogP contribution is 2.29. The molecule has 1 aliphatic heterocycles. The molecule has 4 nitrogen and oxygen atoms in total. The molecule has 1 aromatic carbocycles. The molecule has 4 heteroatoms. The summed E-state index contributed by atoms with van der Waals surface area (Å²) in [5.74, 6) is 0. The number of rotatable bonds is 1. The molecule has 1 aromatic rings. The van der Waals surface area contributed by atoms with Crippen LogP contribution in [0, 0.1) is 0 Å². The molecule has 0 aliphatic carbocycles. The van der Waals surface area contributed by atoms with Crippen molar-refractivity contribution < 1.29 is 14.6 Å². The SMILES string of the molecule is CC(C)(C)OC(=O)N1C=C[C@](O)(c2ccccc2)C1. The van der Waals surface area contributed by atoms with Crippen LogP contribution in [0.15, 0.2) is 42.6 Å². The van der Waals surface area contributed by atoms with E-state index in [0.29, 0.717) is 0 Å². The summed E-state index contributed by atoms with van der Waals surface area (Å²) in [7, 11) is 0. The van der Waals surface area contributed by atoms with Gasteiger partial charge in [-0.05, 0) is 32.4 Å². The third-order valence-corrected chi connectivity index (χ3v) is 2.84. The van der Waals surface area contributed by atoms with Gasteiger partial charge >= 0.3 is 6.09 Å². The van der Waals surface area contributed by atoms with E-state index in [1.54, 1.807) is 12.3 Å². The van der Waals surface area contributed by atoms with Gasteiger partial charge in [-0.1, -0.05) is 30.3 Å². The molecule has 19 heavy (non-hydrogen) atoms. The van der Waals surface area contributed by atoms with Gasteiger partial charge in [-0.25, -0.2) is 4.79 Å². The number of hydrogen-bond donors (Lipinski definition) is 1. The molecular weight excluding hydrogens is 242 g/mol. The Morgan fingerprint density at radius 3 is 2.53 bits per heavy atom. The number of amides is 1. The smallest absolute Gasteiger partial charge is 0.414 e. The molecule has 102 valence electrons. The van der Waals surface area contributed by atoms with Crippen molar-refractivity contribution in [3.63, 3.8) is 0 Å². The minimum Gasteiger partial charge on any atom is -0.443 e. The van der Waals surface area contributed by atoms with Gasteiger partial charge in [-0.3, -0.25) is 4.90 Å². The standard InChI is InChI=1S/C15H19NO3/c1-14(2,3)19-13(17)16-10-9-15(18,11-16)12-7-5-4-6-8-12/h4-10,18H,11H2,1-3H3/t15-/m1/s1. The van der Waals surface area contributed by atoms with Crippen LogP contribution >= 0.6 is 0 Å². The minimum atomic E-state index is -1.14. The third-order valence-electron chi connectivity index (χ3n) is 2.84. The molecule has 2 rings (SSSR count). The molecule has 0 spiro atoms. The van der Waals surface area contributed by atoms with Crippen LogP contribution < -0.4 is 0 Å². The second-order valence-corrected chi connectivity index (χ2v) is 5.71. The summed E-state index contributed by atoms with van der Waals surface area (Å²) in [5.41, 5.74) is -0.923. The molecule has 0 saturated heterocycles. The van der Waals surface area contributed by atoms with E-state index >= 15 is 0 Å². The van der Waals surface area contributed by atoms with Crippen LogP contribution in [0.5, 0.6) is 0 Å². The highest BCUT2D eigenvalue weighted by Gasteiger charge is 2.36. The van der Waals surface area contributed by atoms with Crippen LogP contribution in [0.2, 0.25) is 0 Å². The maximum Gasteiger partial charge on any atom is 0.414 e. The van der Waals surface area contributed by atoms with Gasteiger partial charge < -0.3 is 9.84 Å². The summed E-state index contributed by atoms with van der Waals surface area (Å²) in [6.45, 7) is 5.61. The maximum absolute atomic E-state index is 11.9. The van der Waals surface area contributed by atoms with Crippen molar-refractivity contribution in [3.8, 4) is 0 Å². The Bertz CT molecular complexity index is 490. The Kier molecular flexibility index (Phi) is 3.37. The molecule has 1 heterocycles. The van der Waals surface area contributed by atoms with E-state index in [9.17, 15) is 9.90 Å². The Balaban J connectivity index is 2.09. The van der Waals surface area contributed by atoms with Gasteiger partial charge in [0, 0.05) is 6.20 Å². The molecule has 0 bridgehead atoms. The zero-order valence-electron chi connectivity index (χ0n) is 11.5. The first-order valence-corrected chi connectivity index (χ1v) is 6.27. The van der Waals surface area contributed by atoms with Crippen molar-refractivity contribution in [2.24, 2.45) is 0 Å². The molecule has 1 atom stereocenters. The highest BCUT2D eigenvalue weighted by molar-refractivity contribution is 5.70. The van der Waals surface area contributed by atoms with E-state index in [0.717, 1.165) is 5.56 Å². The van der Waals surface area contributed by atoms with E-state index in [1.165, 1.54) is 4.90 Å². The van der Waals surface area contributed by atoms with Crippen LogP contribution in [-0.4, -0.2) is 28.2 Å². The average Bonchev–Trinajstić information content (AvgIpc) is 2.73. The molecule has 0 fully saturated rings. The number of nitrogens with zero attached hydrogens (tertiary/aromatic N) is 1. The number of benzene rings is 1. The largest absolute Gasteiger partial charge is 0.443 e. The Morgan fingerprint density at radius 2 is 1.95 bits per heavy atom. The van der Waals surface area contributed by atoms with Crippen molar-refractivity contribution in [3.05, 3.63) is 48.2 Å². The van der Waals surface area contributed by atoms with Gasteiger partial charge in [0.2, 0.25) is 0 Å². The van der Waals surface area contributed by atoms with Gasteiger partial charge in [-0.15, -0.1) is 0 Å². The first-order valence-electron chi connectivity index (χ1n) is 6.27. The minimum absolute atomic E-state index is 0.173. The van der Waals surface area contributed by atoms with Crippen LogP contribution in [0.4, 0.5) is 4.79 Å². The van der Waals surface area contributed by atoms with Crippen molar-refractivity contribution >= 4 is 6.09 Å². The fraction of sp³-hybridized carbons (Fsp3) is 0.400. The first-order chi connectivity index (χ1) is 8.80. The van der Waals surface area contributed by atoms with Crippen molar-refractivity contribution in [1.29, 1.82) is 0 Å². The monoisotopic (exact) mass is 261 g/mol. The van der Waals surface area contributed by atoms with Crippen molar-refractivity contribution in [2.45, 2.75) is 32.0 Å². The Labute approximate surface area is 113 Å². The van der Waals surface area contributed by atoms with Gasteiger partial charge in [-0.2, -0.15) is 0 Å². The number of β-amino-alcohol motifs (C(OH)–C–C–N with tert-alkyl or cyclic N) is 1. The average molecular weight is 261 g/mol. The molecule has 1 aliphatic rings. The first kappa shape index (κ1) is 13.6. The van der Waals surface area contributed by atoms with Crippen LogP contribution in [0.25, 0.3) is 0 Å². The highest BCUT2D eigenvalue weighted by atomic mass is 16.6. The number of aliphatic hydroxyl groups is 1. The van der Waals surface area contributed by atoms with E-state index in [1.807, 2.05) is 51.1 Å².